The number of urea groups is 1. The van der Waals surface area contributed by atoms with E-state index in [0.29, 0.717) is 30.9 Å². The molecule has 0 spiro atoms. The van der Waals surface area contributed by atoms with Gasteiger partial charge in [-0.15, -0.1) is 6.58 Å². The Hall–Kier alpha value is -3.13. The molecule has 1 aromatic carbocycles. The Morgan fingerprint density at radius 2 is 1.92 bits per heavy atom. The molecule has 1 aliphatic carbocycles. The Kier molecular flexibility index (Phi) is 9.03. The second kappa shape index (κ2) is 12.4. The Morgan fingerprint density at radius 3 is 2.62 bits per heavy atom. The molecule has 2 fully saturated rings. The van der Waals surface area contributed by atoms with Crippen molar-refractivity contribution in [2.45, 2.75) is 52.0 Å². The first-order chi connectivity index (χ1) is 17.9. The molecule has 8 nitrogen and oxygen atoms in total. The van der Waals surface area contributed by atoms with Crippen molar-refractivity contribution in [1.82, 2.24) is 20.0 Å². The molecule has 1 aromatic rings. The number of ether oxygens (including phenoxy) is 1. The summed E-state index contributed by atoms with van der Waals surface area (Å²) in [7, 11) is 0. The summed E-state index contributed by atoms with van der Waals surface area (Å²) >= 11 is 0. The van der Waals surface area contributed by atoms with Crippen molar-refractivity contribution in [2.75, 3.05) is 45.9 Å². The molecule has 37 heavy (non-hydrogen) atoms. The minimum Gasteiger partial charge on any atom is -0.463 e. The summed E-state index contributed by atoms with van der Waals surface area (Å²) in [5.74, 6) is 0.0337. The quantitative estimate of drug-likeness (QED) is 0.427. The largest absolute Gasteiger partial charge is 0.463 e. The lowest BCUT2D eigenvalue weighted by molar-refractivity contribution is -0.139. The van der Waals surface area contributed by atoms with Crippen molar-refractivity contribution in [3.8, 4) is 0 Å². The van der Waals surface area contributed by atoms with Gasteiger partial charge in [0.2, 0.25) is 5.91 Å². The van der Waals surface area contributed by atoms with Gasteiger partial charge in [0.1, 0.15) is 0 Å². The SMILES string of the molecule is C=CCN1C(=O)NC(c2cccc(C)c2)C(C(=O)OCC)=C1CN1CCCN(C(=O)C2CCCC2)CC1. The van der Waals surface area contributed by atoms with E-state index in [1.165, 1.54) is 0 Å². The number of benzene rings is 1. The minimum atomic E-state index is -0.602. The first kappa shape index (κ1) is 26.9. The van der Waals surface area contributed by atoms with Crippen molar-refractivity contribution < 1.29 is 19.1 Å². The molecule has 200 valence electrons. The number of rotatable bonds is 8. The van der Waals surface area contributed by atoms with Gasteiger partial charge in [0.05, 0.1) is 18.2 Å². The number of hydrogen-bond donors (Lipinski definition) is 1. The number of esters is 1. The fourth-order valence-electron chi connectivity index (χ4n) is 5.74. The van der Waals surface area contributed by atoms with E-state index < -0.39 is 12.0 Å². The summed E-state index contributed by atoms with van der Waals surface area (Å²) in [6.07, 6.45) is 6.81. The zero-order valence-corrected chi connectivity index (χ0v) is 22.2. The molecule has 3 aliphatic rings. The van der Waals surface area contributed by atoms with E-state index in [0.717, 1.165) is 56.3 Å². The second-order valence-corrected chi connectivity index (χ2v) is 10.2. The van der Waals surface area contributed by atoms with Gasteiger partial charge in [0.25, 0.3) is 0 Å². The van der Waals surface area contributed by atoms with Gasteiger partial charge < -0.3 is 15.0 Å². The number of carbonyl (C=O) groups is 3. The molecule has 1 unspecified atom stereocenters. The highest BCUT2D eigenvalue weighted by Gasteiger charge is 2.39. The van der Waals surface area contributed by atoms with Crippen LogP contribution in [0, 0.1) is 12.8 Å². The number of nitrogens with one attached hydrogen (secondary N) is 1. The smallest absolute Gasteiger partial charge is 0.338 e. The van der Waals surface area contributed by atoms with Crippen LogP contribution >= 0.6 is 0 Å². The molecule has 0 radical (unpaired) electrons. The van der Waals surface area contributed by atoms with E-state index in [2.05, 4.69) is 16.8 Å². The summed E-state index contributed by atoms with van der Waals surface area (Å²) in [6.45, 7) is 11.4. The molecule has 1 atom stereocenters. The lowest BCUT2D eigenvalue weighted by Gasteiger charge is -2.38. The van der Waals surface area contributed by atoms with Gasteiger partial charge in [0, 0.05) is 50.9 Å². The maximum Gasteiger partial charge on any atom is 0.338 e. The maximum atomic E-state index is 13.4. The fraction of sp³-hybridized carbons (Fsp3) is 0.552. The van der Waals surface area contributed by atoms with Crippen molar-refractivity contribution in [2.24, 2.45) is 5.92 Å². The van der Waals surface area contributed by atoms with Crippen LogP contribution in [0.3, 0.4) is 0 Å². The number of hydrogen-bond acceptors (Lipinski definition) is 5. The third-order valence-corrected chi connectivity index (χ3v) is 7.60. The average molecular weight is 509 g/mol. The highest BCUT2D eigenvalue weighted by Crippen LogP contribution is 2.33. The van der Waals surface area contributed by atoms with Crippen LogP contribution in [-0.2, 0) is 14.3 Å². The highest BCUT2D eigenvalue weighted by molar-refractivity contribution is 5.95. The average Bonchev–Trinajstić information content (AvgIpc) is 3.32. The first-order valence-corrected chi connectivity index (χ1v) is 13.6. The number of nitrogens with zero attached hydrogens (tertiary/aromatic N) is 3. The van der Waals surface area contributed by atoms with E-state index in [1.807, 2.05) is 36.1 Å². The highest BCUT2D eigenvalue weighted by atomic mass is 16.5. The van der Waals surface area contributed by atoms with E-state index >= 15 is 0 Å². The van der Waals surface area contributed by atoms with Gasteiger partial charge >= 0.3 is 12.0 Å². The number of carbonyl (C=O) groups excluding carboxylic acids is 3. The molecule has 2 aliphatic heterocycles. The van der Waals surface area contributed by atoms with Crippen molar-refractivity contribution in [3.05, 3.63) is 59.3 Å². The van der Waals surface area contributed by atoms with Crippen LogP contribution in [0.25, 0.3) is 0 Å². The predicted molar refractivity (Wildman–Crippen MR) is 143 cm³/mol. The third kappa shape index (κ3) is 6.24. The standard InChI is InChI=1S/C29H40N4O4/c1-4-14-33-24(20-31-15-9-16-32(18-17-31)27(34)22-11-6-7-12-22)25(28(35)37-5-2)26(30-29(33)36)23-13-8-10-21(3)19-23/h4,8,10,13,19,22,26H,1,5-7,9,11-12,14-18,20H2,2-3H3,(H,30,36). The molecule has 1 saturated heterocycles. The normalized spacial score (nSPS) is 21.6. The topological polar surface area (TPSA) is 82.2 Å². The van der Waals surface area contributed by atoms with Crippen LogP contribution in [-0.4, -0.2) is 78.5 Å². The van der Waals surface area contributed by atoms with Gasteiger partial charge in [-0.1, -0.05) is 48.7 Å². The van der Waals surface area contributed by atoms with E-state index in [9.17, 15) is 14.4 Å². The first-order valence-electron chi connectivity index (χ1n) is 13.6. The maximum absolute atomic E-state index is 13.4. The van der Waals surface area contributed by atoms with Crippen LogP contribution in [0.2, 0.25) is 0 Å². The molecule has 3 amide bonds. The summed E-state index contributed by atoms with van der Waals surface area (Å²) in [5.41, 5.74) is 2.99. The van der Waals surface area contributed by atoms with Crippen molar-refractivity contribution >= 4 is 17.9 Å². The van der Waals surface area contributed by atoms with E-state index in [-0.39, 0.29) is 31.0 Å². The van der Waals surface area contributed by atoms with Crippen molar-refractivity contribution in [1.29, 1.82) is 0 Å². The van der Waals surface area contributed by atoms with E-state index in [1.54, 1.807) is 17.9 Å². The Morgan fingerprint density at radius 1 is 1.14 bits per heavy atom. The fourth-order valence-corrected chi connectivity index (χ4v) is 5.74. The lowest BCUT2D eigenvalue weighted by Crippen LogP contribution is -2.51. The molecule has 4 rings (SSSR count). The molecular weight excluding hydrogens is 468 g/mol. The van der Waals surface area contributed by atoms with Gasteiger partial charge in [-0.05, 0) is 38.7 Å². The Labute approximate surface area is 220 Å². The predicted octanol–water partition coefficient (Wildman–Crippen LogP) is 3.79. The van der Waals surface area contributed by atoms with Gasteiger partial charge in [0.15, 0.2) is 0 Å². The molecular formula is C29H40N4O4. The molecule has 0 aromatic heterocycles. The molecule has 1 N–H and O–H groups in total. The summed E-state index contributed by atoms with van der Waals surface area (Å²) < 4.78 is 5.50. The monoisotopic (exact) mass is 508 g/mol. The zero-order valence-electron chi connectivity index (χ0n) is 22.2. The van der Waals surface area contributed by atoms with Crippen LogP contribution in [0.4, 0.5) is 4.79 Å². The van der Waals surface area contributed by atoms with Gasteiger partial charge in [-0.2, -0.15) is 0 Å². The number of amides is 3. The summed E-state index contributed by atoms with van der Waals surface area (Å²) in [5, 5.41) is 3.03. The summed E-state index contributed by atoms with van der Waals surface area (Å²) in [4.78, 5) is 45.6. The van der Waals surface area contributed by atoms with Crippen LogP contribution in [0.15, 0.2) is 48.2 Å². The molecule has 2 heterocycles. The zero-order chi connectivity index (χ0) is 26.4. The van der Waals surface area contributed by atoms with Crippen LogP contribution in [0.1, 0.15) is 56.2 Å². The molecule has 1 saturated carbocycles. The third-order valence-electron chi connectivity index (χ3n) is 7.60. The minimum absolute atomic E-state index is 0.171. The van der Waals surface area contributed by atoms with Crippen LogP contribution < -0.4 is 5.32 Å². The van der Waals surface area contributed by atoms with Crippen LogP contribution in [0.5, 0.6) is 0 Å². The lowest BCUT2D eigenvalue weighted by atomic mass is 9.93. The molecule has 8 heteroatoms. The van der Waals surface area contributed by atoms with Gasteiger partial charge in [-0.25, -0.2) is 9.59 Å². The summed E-state index contributed by atoms with van der Waals surface area (Å²) in [6, 6.07) is 6.97. The Balaban J connectivity index is 1.64. The van der Waals surface area contributed by atoms with E-state index in [4.69, 9.17) is 4.74 Å². The second-order valence-electron chi connectivity index (χ2n) is 10.2. The Bertz CT molecular complexity index is 1050. The molecule has 0 bridgehead atoms. The number of aryl methyl sites for hydroxylation is 1. The van der Waals surface area contributed by atoms with Crippen molar-refractivity contribution in [3.63, 3.8) is 0 Å². The van der Waals surface area contributed by atoms with Gasteiger partial charge in [-0.3, -0.25) is 14.6 Å².